The predicted molar refractivity (Wildman–Crippen MR) is 88.4 cm³/mol. The van der Waals surface area contributed by atoms with E-state index in [9.17, 15) is 14.9 Å². The molecule has 0 saturated carbocycles. The number of nitrogens with zero attached hydrogens (tertiary/aromatic N) is 1. The lowest BCUT2D eigenvalue weighted by Gasteiger charge is -2.14. The molecule has 120 valence electrons. The molecule has 0 aromatic heterocycles. The number of amides is 1. The fourth-order valence-electron chi connectivity index (χ4n) is 2.21. The highest BCUT2D eigenvalue weighted by Crippen LogP contribution is 2.18. The monoisotopic (exact) mass is 304 g/mol. The first kappa shape index (κ1) is 17.9. The van der Waals surface area contributed by atoms with Gasteiger partial charge in [-0.3, -0.25) is 14.9 Å². The number of rotatable bonds is 9. The molecule has 1 rings (SSSR count). The molecule has 1 N–H and O–H groups in total. The number of nitro groups is 1. The number of carbonyl (C=O) groups is 1. The van der Waals surface area contributed by atoms with Crippen molar-refractivity contribution in [3.63, 3.8) is 0 Å². The van der Waals surface area contributed by atoms with Crippen molar-refractivity contribution in [2.75, 3.05) is 6.54 Å². The van der Waals surface area contributed by atoms with Crippen LogP contribution in [-0.4, -0.2) is 17.4 Å². The van der Waals surface area contributed by atoms with E-state index in [0.717, 1.165) is 19.3 Å². The molecule has 0 fully saturated rings. The maximum Gasteiger partial charge on any atom is 0.276 e. The van der Waals surface area contributed by atoms with E-state index in [1.807, 2.05) is 0 Å². The van der Waals surface area contributed by atoms with Gasteiger partial charge in [0, 0.05) is 18.7 Å². The molecule has 5 heteroatoms. The van der Waals surface area contributed by atoms with Crippen LogP contribution in [0.3, 0.4) is 0 Å². The van der Waals surface area contributed by atoms with Gasteiger partial charge in [0.05, 0.1) is 10.5 Å². The summed E-state index contributed by atoms with van der Waals surface area (Å²) in [6.45, 7) is 4.92. The summed E-state index contributed by atoms with van der Waals surface area (Å²) < 4.78 is 0. The van der Waals surface area contributed by atoms with Crippen LogP contribution in [0, 0.1) is 16.0 Å². The van der Waals surface area contributed by atoms with Crippen molar-refractivity contribution in [2.45, 2.75) is 39.5 Å². The zero-order chi connectivity index (χ0) is 16.4. The van der Waals surface area contributed by atoms with Crippen LogP contribution >= 0.6 is 0 Å². The van der Waals surface area contributed by atoms with E-state index in [0.29, 0.717) is 18.0 Å². The summed E-state index contributed by atoms with van der Waals surface area (Å²) in [6.07, 6.45) is 7.31. The summed E-state index contributed by atoms with van der Waals surface area (Å²) in [5.74, 6) is 0.275. The molecule has 0 bridgehead atoms. The third kappa shape index (κ3) is 6.08. The molecular formula is C17H24N2O3. The summed E-state index contributed by atoms with van der Waals surface area (Å²) in [7, 11) is 0. The number of para-hydroxylation sites is 1. The van der Waals surface area contributed by atoms with Crippen LogP contribution in [0.4, 0.5) is 5.69 Å². The maximum atomic E-state index is 11.8. The van der Waals surface area contributed by atoms with Gasteiger partial charge in [-0.05, 0) is 24.5 Å². The first-order chi connectivity index (χ1) is 10.6. The van der Waals surface area contributed by atoms with E-state index in [1.54, 1.807) is 18.2 Å². The number of hydrogen-bond donors (Lipinski definition) is 1. The van der Waals surface area contributed by atoms with Crippen LogP contribution in [0.5, 0.6) is 0 Å². The Morgan fingerprint density at radius 2 is 2.09 bits per heavy atom. The third-order valence-corrected chi connectivity index (χ3v) is 3.66. The van der Waals surface area contributed by atoms with Crippen LogP contribution in [0.2, 0.25) is 0 Å². The summed E-state index contributed by atoms with van der Waals surface area (Å²) in [5, 5.41) is 13.8. The summed E-state index contributed by atoms with van der Waals surface area (Å²) in [6, 6.07) is 6.37. The van der Waals surface area contributed by atoms with Crippen LogP contribution in [0.1, 0.15) is 45.1 Å². The van der Waals surface area contributed by atoms with Gasteiger partial charge in [-0.15, -0.1) is 0 Å². The molecule has 0 radical (unpaired) electrons. The highest BCUT2D eigenvalue weighted by Gasteiger charge is 2.10. The SMILES string of the molecule is CCCCC(CC)CNC(=O)C=Cc1ccccc1[N+](=O)[O-]. The number of hydrogen-bond acceptors (Lipinski definition) is 3. The molecule has 1 unspecified atom stereocenters. The quantitative estimate of drug-likeness (QED) is 0.426. The van der Waals surface area contributed by atoms with Crippen LogP contribution in [0.25, 0.3) is 6.08 Å². The van der Waals surface area contributed by atoms with Gasteiger partial charge in [0.25, 0.3) is 5.69 Å². The van der Waals surface area contributed by atoms with E-state index in [2.05, 4.69) is 19.2 Å². The minimum Gasteiger partial charge on any atom is -0.352 e. The average Bonchev–Trinajstić information content (AvgIpc) is 2.53. The van der Waals surface area contributed by atoms with Gasteiger partial charge < -0.3 is 5.32 Å². The predicted octanol–water partition coefficient (Wildman–Crippen LogP) is 3.94. The molecule has 0 heterocycles. The smallest absolute Gasteiger partial charge is 0.276 e. The highest BCUT2D eigenvalue weighted by atomic mass is 16.6. The van der Waals surface area contributed by atoms with E-state index >= 15 is 0 Å². The Hall–Kier alpha value is -2.17. The van der Waals surface area contributed by atoms with Crippen molar-refractivity contribution in [2.24, 2.45) is 5.92 Å². The third-order valence-electron chi connectivity index (χ3n) is 3.66. The molecule has 0 spiro atoms. The van der Waals surface area contributed by atoms with Crippen molar-refractivity contribution in [1.82, 2.24) is 5.32 Å². The second-order valence-electron chi connectivity index (χ2n) is 5.31. The van der Waals surface area contributed by atoms with Gasteiger partial charge >= 0.3 is 0 Å². The Kier molecular flexibility index (Phi) is 7.89. The number of nitro benzene ring substituents is 1. The minimum absolute atomic E-state index is 0.000862. The largest absolute Gasteiger partial charge is 0.352 e. The van der Waals surface area contributed by atoms with E-state index in [-0.39, 0.29) is 11.6 Å². The van der Waals surface area contributed by atoms with Crippen molar-refractivity contribution in [3.05, 3.63) is 46.0 Å². The standard InChI is InChI=1S/C17H24N2O3/c1-3-5-8-14(4-2)13-18-17(20)12-11-15-9-6-7-10-16(15)19(21)22/h6-7,9-12,14H,3-5,8,13H2,1-2H3,(H,18,20). The summed E-state index contributed by atoms with van der Waals surface area (Å²) in [4.78, 5) is 22.3. The second kappa shape index (κ2) is 9.71. The average molecular weight is 304 g/mol. The lowest BCUT2D eigenvalue weighted by molar-refractivity contribution is -0.385. The molecule has 0 aliphatic carbocycles. The first-order valence-corrected chi connectivity index (χ1v) is 7.77. The molecule has 0 aliphatic heterocycles. The van der Waals surface area contributed by atoms with Crippen LogP contribution in [0.15, 0.2) is 30.3 Å². The lowest BCUT2D eigenvalue weighted by atomic mass is 9.99. The molecule has 5 nitrogen and oxygen atoms in total. The van der Waals surface area contributed by atoms with Crippen molar-refractivity contribution in [3.8, 4) is 0 Å². The first-order valence-electron chi connectivity index (χ1n) is 7.77. The molecule has 22 heavy (non-hydrogen) atoms. The van der Waals surface area contributed by atoms with E-state index < -0.39 is 4.92 Å². The Bertz CT molecular complexity index is 526. The molecular weight excluding hydrogens is 280 g/mol. The topological polar surface area (TPSA) is 72.2 Å². The van der Waals surface area contributed by atoms with Crippen molar-refractivity contribution < 1.29 is 9.72 Å². The Labute approximate surface area is 131 Å². The molecule has 1 atom stereocenters. The van der Waals surface area contributed by atoms with Gasteiger partial charge in [0.15, 0.2) is 0 Å². The Balaban J connectivity index is 2.56. The minimum atomic E-state index is -0.449. The van der Waals surface area contributed by atoms with Gasteiger partial charge in [-0.2, -0.15) is 0 Å². The van der Waals surface area contributed by atoms with Crippen molar-refractivity contribution >= 4 is 17.7 Å². The van der Waals surface area contributed by atoms with Gasteiger partial charge in [-0.25, -0.2) is 0 Å². The fourth-order valence-corrected chi connectivity index (χ4v) is 2.21. The molecule has 1 amide bonds. The highest BCUT2D eigenvalue weighted by molar-refractivity contribution is 5.92. The van der Waals surface area contributed by atoms with Crippen LogP contribution < -0.4 is 5.32 Å². The van der Waals surface area contributed by atoms with Gasteiger partial charge in [-0.1, -0.05) is 45.2 Å². The van der Waals surface area contributed by atoms with E-state index in [1.165, 1.54) is 24.6 Å². The molecule has 0 saturated heterocycles. The zero-order valence-electron chi connectivity index (χ0n) is 13.2. The van der Waals surface area contributed by atoms with Crippen molar-refractivity contribution in [1.29, 1.82) is 0 Å². The zero-order valence-corrected chi connectivity index (χ0v) is 13.2. The van der Waals surface area contributed by atoms with Gasteiger partial charge in [0.2, 0.25) is 5.91 Å². The summed E-state index contributed by atoms with van der Waals surface area (Å²) in [5.41, 5.74) is 0.432. The second-order valence-corrected chi connectivity index (χ2v) is 5.31. The molecule has 1 aromatic rings. The number of benzene rings is 1. The Morgan fingerprint density at radius 3 is 2.73 bits per heavy atom. The van der Waals surface area contributed by atoms with E-state index in [4.69, 9.17) is 0 Å². The van der Waals surface area contributed by atoms with Crippen LogP contribution in [-0.2, 0) is 4.79 Å². The fraction of sp³-hybridized carbons (Fsp3) is 0.471. The number of unbranched alkanes of at least 4 members (excludes halogenated alkanes) is 1. The number of carbonyl (C=O) groups excluding carboxylic acids is 1. The maximum absolute atomic E-state index is 11.8. The lowest BCUT2D eigenvalue weighted by Crippen LogP contribution is -2.27. The molecule has 1 aromatic carbocycles. The summed E-state index contributed by atoms with van der Waals surface area (Å²) >= 11 is 0. The van der Waals surface area contributed by atoms with Gasteiger partial charge in [0.1, 0.15) is 0 Å². The molecule has 0 aliphatic rings. The Morgan fingerprint density at radius 1 is 1.36 bits per heavy atom. The number of nitrogens with one attached hydrogen (secondary N) is 1. The normalized spacial score (nSPS) is 12.3.